The summed E-state index contributed by atoms with van der Waals surface area (Å²) in [5, 5.41) is 8.43. The van der Waals surface area contributed by atoms with Gasteiger partial charge in [-0.15, -0.1) is 0 Å². The predicted molar refractivity (Wildman–Crippen MR) is 40.4 cm³/mol. The van der Waals surface area contributed by atoms with Crippen LogP contribution in [0.5, 0.6) is 0 Å². The first kappa shape index (κ1) is 13.6. The Balaban J connectivity index is 0. The number of unbranched alkanes of at least 4 members (excludes halogenated alkanes) is 2. The zero-order valence-corrected chi connectivity index (χ0v) is 11.2. The van der Waals surface area contributed by atoms with Crippen LogP contribution in [0.3, 0.4) is 0 Å². The molecule has 0 saturated carbocycles. The minimum atomic E-state index is 0. The first-order valence-corrected chi connectivity index (χ1v) is 3.88. The van der Waals surface area contributed by atoms with Crippen molar-refractivity contribution in [2.24, 2.45) is 5.92 Å². The van der Waals surface area contributed by atoms with Gasteiger partial charge in [-0.2, -0.15) is 0 Å². The summed E-state index contributed by atoms with van der Waals surface area (Å²) < 4.78 is 0. The third kappa shape index (κ3) is 11.8. The smallest absolute Gasteiger partial charge is 0.0431 e. The molecule has 0 radical (unpaired) electrons. The minimum absolute atomic E-state index is 0. The van der Waals surface area contributed by atoms with Crippen molar-refractivity contribution in [1.82, 2.24) is 0 Å². The van der Waals surface area contributed by atoms with Gasteiger partial charge in [0.15, 0.2) is 0 Å². The number of hydrogen-bond donors (Lipinski definition) is 1. The van der Waals surface area contributed by atoms with Crippen molar-refractivity contribution in [2.45, 2.75) is 39.5 Å². The summed E-state index contributed by atoms with van der Waals surface area (Å²) in [7, 11) is 0. The zero-order chi connectivity index (χ0) is 7.11. The Morgan fingerprint density at radius 1 is 1.10 bits per heavy atom. The van der Waals surface area contributed by atoms with Crippen LogP contribution in [-0.4, -0.2) is 11.7 Å². The van der Waals surface area contributed by atoms with Gasteiger partial charge in [0.2, 0.25) is 0 Å². The summed E-state index contributed by atoms with van der Waals surface area (Å²) in [5.74, 6) is 0.823. The molecule has 1 nitrogen and oxygen atoms in total. The number of hydrogen-bond acceptors (Lipinski definition) is 1. The van der Waals surface area contributed by atoms with Crippen LogP contribution in [0.4, 0.5) is 0 Å². The fourth-order valence-electron chi connectivity index (χ4n) is 0.841. The molecule has 0 aromatic heterocycles. The summed E-state index contributed by atoms with van der Waals surface area (Å²) >= 11 is 0. The van der Waals surface area contributed by atoms with Crippen LogP contribution in [0.2, 0.25) is 0 Å². The molecule has 0 aliphatic rings. The van der Waals surface area contributed by atoms with Gasteiger partial charge in [0.1, 0.15) is 0 Å². The maximum absolute atomic E-state index is 8.43. The fraction of sp³-hybridized carbons (Fsp3) is 1.00. The van der Waals surface area contributed by atoms with Crippen molar-refractivity contribution in [2.75, 3.05) is 6.61 Å². The van der Waals surface area contributed by atoms with E-state index in [-0.39, 0.29) is 31.1 Å². The number of aliphatic hydroxyl groups is 1. The Morgan fingerprint density at radius 2 is 1.70 bits per heavy atom. The van der Waals surface area contributed by atoms with Crippen molar-refractivity contribution in [3.63, 3.8) is 0 Å². The molecule has 2 heteroatoms. The standard InChI is InChI=1S/C8H18O.U/c1-8(2)6-4-3-5-7-9;/h8-9H,3-7H2,1-2H3;. The fourth-order valence-corrected chi connectivity index (χ4v) is 0.841. The molecule has 0 bridgehead atoms. The largest absolute Gasteiger partial charge is 0.396 e. The third-order valence-corrected chi connectivity index (χ3v) is 1.44. The molecule has 0 spiro atoms. The van der Waals surface area contributed by atoms with Gasteiger partial charge in [-0.3, -0.25) is 0 Å². The van der Waals surface area contributed by atoms with Crippen molar-refractivity contribution in [3.05, 3.63) is 0 Å². The molecule has 0 aromatic carbocycles. The molecule has 60 valence electrons. The molecular formula is C8H18OU. The quantitative estimate of drug-likeness (QED) is 0.738. The Labute approximate surface area is 88.0 Å². The van der Waals surface area contributed by atoms with Gasteiger partial charge in [0.25, 0.3) is 0 Å². The van der Waals surface area contributed by atoms with E-state index in [9.17, 15) is 0 Å². The van der Waals surface area contributed by atoms with E-state index in [1.807, 2.05) is 0 Å². The maximum atomic E-state index is 8.43. The van der Waals surface area contributed by atoms with E-state index in [1.54, 1.807) is 0 Å². The van der Waals surface area contributed by atoms with E-state index in [1.165, 1.54) is 19.3 Å². The van der Waals surface area contributed by atoms with Gasteiger partial charge in [0, 0.05) is 37.7 Å². The second kappa shape index (κ2) is 10.0. The summed E-state index contributed by atoms with van der Waals surface area (Å²) in [6.07, 6.45) is 4.75. The summed E-state index contributed by atoms with van der Waals surface area (Å²) in [6.45, 7) is 4.83. The molecule has 10 heavy (non-hydrogen) atoms. The first-order chi connectivity index (χ1) is 4.27. The van der Waals surface area contributed by atoms with Crippen LogP contribution in [-0.2, 0) is 0 Å². The van der Waals surface area contributed by atoms with Crippen LogP contribution >= 0.6 is 0 Å². The molecule has 0 amide bonds. The van der Waals surface area contributed by atoms with E-state index in [4.69, 9.17) is 5.11 Å². The van der Waals surface area contributed by atoms with Crippen LogP contribution in [0.15, 0.2) is 0 Å². The van der Waals surface area contributed by atoms with Gasteiger partial charge in [-0.1, -0.05) is 33.1 Å². The van der Waals surface area contributed by atoms with Gasteiger partial charge < -0.3 is 5.11 Å². The normalized spacial score (nSPS) is 9.60. The van der Waals surface area contributed by atoms with Crippen LogP contribution in [0, 0.1) is 37.0 Å². The summed E-state index contributed by atoms with van der Waals surface area (Å²) in [5.41, 5.74) is 0. The number of aliphatic hydroxyl groups excluding tert-OH is 1. The molecule has 0 heterocycles. The number of rotatable bonds is 5. The molecule has 1 N–H and O–H groups in total. The van der Waals surface area contributed by atoms with Crippen molar-refractivity contribution < 1.29 is 36.2 Å². The SMILES string of the molecule is CC(C)CCCCCO.[U]. The Morgan fingerprint density at radius 3 is 2.10 bits per heavy atom. The predicted octanol–water partition coefficient (Wildman–Crippen LogP) is 2.20. The van der Waals surface area contributed by atoms with Crippen LogP contribution in [0.1, 0.15) is 39.5 Å². The minimum Gasteiger partial charge on any atom is -0.396 e. The molecule has 0 aliphatic carbocycles. The monoisotopic (exact) mass is 368 g/mol. The van der Waals surface area contributed by atoms with Gasteiger partial charge in [-0.25, -0.2) is 0 Å². The molecule has 0 aliphatic heterocycles. The summed E-state index contributed by atoms with van der Waals surface area (Å²) in [6, 6.07) is 0. The molecule has 0 unspecified atom stereocenters. The molecule has 0 saturated heterocycles. The third-order valence-electron chi connectivity index (χ3n) is 1.44. The van der Waals surface area contributed by atoms with E-state index >= 15 is 0 Å². The van der Waals surface area contributed by atoms with E-state index in [0.717, 1.165) is 12.3 Å². The average molecular weight is 368 g/mol. The van der Waals surface area contributed by atoms with E-state index in [2.05, 4.69) is 13.8 Å². The van der Waals surface area contributed by atoms with Crippen LogP contribution in [0.25, 0.3) is 0 Å². The van der Waals surface area contributed by atoms with E-state index in [0.29, 0.717) is 6.61 Å². The van der Waals surface area contributed by atoms with Crippen molar-refractivity contribution in [1.29, 1.82) is 0 Å². The van der Waals surface area contributed by atoms with Crippen LogP contribution < -0.4 is 0 Å². The van der Waals surface area contributed by atoms with Gasteiger partial charge >= 0.3 is 0 Å². The average Bonchev–Trinajstić information content (AvgIpc) is 1.80. The second-order valence-corrected chi connectivity index (χ2v) is 2.97. The Hall–Kier alpha value is 1.01. The van der Waals surface area contributed by atoms with Crippen molar-refractivity contribution >= 4 is 0 Å². The Bertz CT molecular complexity index is 55.2. The molecule has 0 fully saturated rings. The topological polar surface area (TPSA) is 20.2 Å². The first-order valence-electron chi connectivity index (χ1n) is 3.88. The van der Waals surface area contributed by atoms with E-state index < -0.39 is 0 Å². The molecule has 0 atom stereocenters. The van der Waals surface area contributed by atoms with Gasteiger partial charge in [-0.05, 0) is 12.3 Å². The maximum Gasteiger partial charge on any atom is 0.0431 e. The molecule has 0 aromatic rings. The molecule has 0 rings (SSSR count). The zero-order valence-electron chi connectivity index (χ0n) is 7.06. The van der Waals surface area contributed by atoms with Gasteiger partial charge in [0.05, 0.1) is 0 Å². The molecular weight excluding hydrogens is 350 g/mol. The second-order valence-electron chi connectivity index (χ2n) is 2.97. The Kier molecular flexibility index (Phi) is 13.6. The summed E-state index contributed by atoms with van der Waals surface area (Å²) in [4.78, 5) is 0. The van der Waals surface area contributed by atoms with Crippen molar-refractivity contribution in [3.8, 4) is 0 Å².